The van der Waals surface area contributed by atoms with Gasteiger partial charge in [0, 0.05) is 11.0 Å². The molecule has 4 heteroatoms. The van der Waals surface area contributed by atoms with Gasteiger partial charge in [0.25, 0.3) is 0 Å². The van der Waals surface area contributed by atoms with E-state index < -0.39 is 5.41 Å². The lowest BCUT2D eigenvalue weighted by atomic mass is 9.86. The first-order valence-corrected chi connectivity index (χ1v) is 7.46. The van der Waals surface area contributed by atoms with Crippen molar-refractivity contribution in [3.05, 3.63) is 17.7 Å². The van der Waals surface area contributed by atoms with Crippen LogP contribution in [-0.2, 0) is 0 Å². The summed E-state index contributed by atoms with van der Waals surface area (Å²) in [6, 6.07) is 3.48. The molecule has 1 aromatic rings. The lowest BCUT2D eigenvalue weighted by molar-refractivity contribution is 0.0857. The SMILES string of the molecule is CCOc1cc(C(=O)C(C)(C)C)cc(OCC)c1OCC. The third kappa shape index (κ3) is 4.38. The molecule has 0 atom stereocenters. The topological polar surface area (TPSA) is 44.8 Å². The summed E-state index contributed by atoms with van der Waals surface area (Å²) in [4.78, 5) is 12.5. The second kappa shape index (κ2) is 7.34. The Morgan fingerprint density at radius 1 is 0.905 bits per heavy atom. The maximum absolute atomic E-state index is 12.5. The molecule has 1 aromatic carbocycles. The fourth-order valence-electron chi connectivity index (χ4n) is 1.95. The Morgan fingerprint density at radius 3 is 1.67 bits per heavy atom. The Labute approximate surface area is 127 Å². The van der Waals surface area contributed by atoms with Crippen LogP contribution in [-0.4, -0.2) is 25.6 Å². The van der Waals surface area contributed by atoms with Crippen LogP contribution in [0.3, 0.4) is 0 Å². The van der Waals surface area contributed by atoms with Crippen molar-refractivity contribution in [1.82, 2.24) is 0 Å². The highest BCUT2D eigenvalue weighted by atomic mass is 16.5. The zero-order valence-electron chi connectivity index (χ0n) is 13.9. The minimum atomic E-state index is -0.458. The first-order chi connectivity index (χ1) is 9.85. The molecule has 0 spiro atoms. The van der Waals surface area contributed by atoms with Gasteiger partial charge in [-0.1, -0.05) is 20.8 Å². The van der Waals surface area contributed by atoms with E-state index >= 15 is 0 Å². The third-order valence-corrected chi connectivity index (χ3v) is 2.85. The zero-order valence-corrected chi connectivity index (χ0v) is 13.9. The Morgan fingerprint density at radius 2 is 1.33 bits per heavy atom. The molecule has 4 nitrogen and oxygen atoms in total. The number of ketones is 1. The van der Waals surface area contributed by atoms with Crippen LogP contribution in [0.15, 0.2) is 12.1 Å². The van der Waals surface area contributed by atoms with Gasteiger partial charge in [-0.25, -0.2) is 0 Å². The van der Waals surface area contributed by atoms with E-state index in [-0.39, 0.29) is 5.78 Å². The van der Waals surface area contributed by atoms with Gasteiger partial charge in [-0.2, -0.15) is 0 Å². The highest BCUT2D eigenvalue weighted by Crippen LogP contribution is 2.40. The van der Waals surface area contributed by atoms with Crippen molar-refractivity contribution < 1.29 is 19.0 Å². The maximum Gasteiger partial charge on any atom is 0.203 e. The number of Topliss-reactive ketones (excluding diaryl/α,β-unsaturated/α-hetero) is 1. The summed E-state index contributed by atoms with van der Waals surface area (Å²) in [5, 5.41) is 0. The smallest absolute Gasteiger partial charge is 0.203 e. The summed E-state index contributed by atoms with van der Waals surface area (Å²) < 4.78 is 16.9. The Balaban J connectivity index is 3.38. The molecule has 0 unspecified atom stereocenters. The fraction of sp³-hybridized carbons (Fsp3) is 0.588. The molecule has 0 heterocycles. The van der Waals surface area contributed by atoms with Crippen molar-refractivity contribution in [2.75, 3.05) is 19.8 Å². The molecule has 0 saturated carbocycles. The molecule has 21 heavy (non-hydrogen) atoms. The van der Waals surface area contributed by atoms with Gasteiger partial charge in [0.05, 0.1) is 19.8 Å². The molecular formula is C17H26O4. The number of carbonyl (C=O) groups excluding carboxylic acids is 1. The van der Waals surface area contributed by atoms with Gasteiger partial charge in [-0.3, -0.25) is 4.79 Å². The van der Waals surface area contributed by atoms with Crippen molar-refractivity contribution in [2.24, 2.45) is 5.41 Å². The molecule has 0 fully saturated rings. The molecule has 0 N–H and O–H groups in total. The highest BCUT2D eigenvalue weighted by Gasteiger charge is 2.26. The van der Waals surface area contributed by atoms with Gasteiger partial charge in [0.1, 0.15) is 0 Å². The third-order valence-electron chi connectivity index (χ3n) is 2.85. The van der Waals surface area contributed by atoms with Crippen LogP contribution in [0.25, 0.3) is 0 Å². The molecule has 1 rings (SSSR count). The van der Waals surface area contributed by atoms with Gasteiger partial charge in [0.15, 0.2) is 17.3 Å². The highest BCUT2D eigenvalue weighted by molar-refractivity contribution is 6.00. The van der Waals surface area contributed by atoms with Crippen LogP contribution in [0.2, 0.25) is 0 Å². The molecule has 0 amide bonds. The van der Waals surface area contributed by atoms with Crippen LogP contribution in [0.1, 0.15) is 51.9 Å². The van der Waals surface area contributed by atoms with E-state index in [1.165, 1.54) is 0 Å². The molecule has 0 aliphatic carbocycles. The van der Waals surface area contributed by atoms with Gasteiger partial charge in [-0.05, 0) is 32.9 Å². The summed E-state index contributed by atoms with van der Waals surface area (Å²) >= 11 is 0. The van der Waals surface area contributed by atoms with Crippen molar-refractivity contribution in [3.8, 4) is 17.2 Å². The molecule has 118 valence electrons. The molecule has 0 bridgehead atoms. The minimum Gasteiger partial charge on any atom is -0.490 e. The number of carbonyl (C=O) groups is 1. The molecule has 0 radical (unpaired) electrons. The number of rotatable bonds is 7. The van der Waals surface area contributed by atoms with Gasteiger partial charge >= 0.3 is 0 Å². The first kappa shape index (κ1) is 17.3. The van der Waals surface area contributed by atoms with E-state index in [2.05, 4.69) is 0 Å². The van der Waals surface area contributed by atoms with Crippen LogP contribution >= 0.6 is 0 Å². The van der Waals surface area contributed by atoms with Crippen LogP contribution in [0.4, 0.5) is 0 Å². The largest absolute Gasteiger partial charge is 0.490 e. The van der Waals surface area contributed by atoms with Gasteiger partial charge < -0.3 is 14.2 Å². The first-order valence-electron chi connectivity index (χ1n) is 7.46. The fourth-order valence-corrected chi connectivity index (χ4v) is 1.95. The lowest BCUT2D eigenvalue weighted by Gasteiger charge is -2.20. The average molecular weight is 294 g/mol. The predicted molar refractivity (Wildman–Crippen MR) is 83.7 cm³/mol. The van der Waals surface area contributed by atoms with E-state index in [0.29, 0.717) is 42.6 Å². The minimum absolute atomic E-state index is 0.0486. The second-order valence-electron chi connectivity index (χ2n) is 5.68. The summed E-state index contributed by atoms with van der Waals surface area (Å²) in [5.74, 6) is 1.72. The number of benzene rings is 1. The molecule has 0 aromatic heterocycles. The Bertz CT molecular complexity index is 459. The van der Waals surface area contributed by atoms with Crippen LogP contribution in [0, 0.1) is 5.41 Å². The summed E-state index contributed by atoms with van der Waals surface area (Å²) in [6.07, 6.45) is 0. The Hall–Kier alpha value is -1.71. The second-order valence-corrected chi connectivity index (χ2v) is 5.68. The number of hydrogen-bond acceptors (Lipinski definition) is 4. The van der Waals surface area contributed by atoms with Crippen LogP contribution < -0.4 is 14.2 Å². The molecular weight excluding hydrogens is 268 g/mol. The van der Waals surface area contributed by atoms with Crippen molar-refractivity contribution >= 4 is 5.78 Å². The molecule has 0 saturated heterocycles. The van der Waals surface area contributed by atoms with Crippen LogP contribution in [0.5, 0.6) is 17.2 Å². The number of hydrogen-bond donors (Lipinski definition) is 0. The van der Waals surface area contributed by atoms with E-state index in [1.807, 2.05) is 41.5 Å². The standard InChI is InChI=1S/C17H26O4/c1-7-19-13-10-12(16(18)17(4,5)6)11-14(20-8-2)15(13)21-9-3/h10-11H,7-9H2,1-6H3. The van der Waals surface area contributed by atoms with Gasteiger partial charge in [-0.15, -0.1) is 0 Å². The van der Waals surface area contributed by atoms with Crippen molar-refractivity contribution in [1.29, 1.82) is 0 Å². The summed E-state index contributed by atoms with van der Waals surface area (Å²) in [5.41, 5.74) is 0.123. The van der Waals surface area contributed by atoms with E-state index in [1.54, 1.807) is 12.1 Å². The normalized spacial score (nSPS) is 11.1. The molecule has 0 aliphatic rings. The van der Waals surface area contributed by atoms with Crippen molar-refractivity contribution in [3.63, 3.8) is 0 Å². The van der Waals surface area contributed by atoms with E-state index in [4.69, 9.17) is 14.2 Å². The molecule has 0 aliphatic heterocycles. The maximum atomic E-state index is 12.5. The quantitative estimate of drug-likeness (QED) is 0.710. The monoisotopic (exact) mass is 294 g/mol. The van der Waals surface area contributed by atoms with Gasteiger partial charge in [0.2, 0.25) is 5.75 Å². The van der Waals surface area contributed by atoms with E-state index in [9.17, 15) is 4.79 Å². The zero-order chi connectivity index (χ0) is 16.0. The number of ether oxygens (including phenoxy) is 3. The lowest BCUT2D eigenvalue weighted by Crippen LogP contribution is -2.20. The van der Waals surface area contributed by atoms with E-state index in [0.717, 1.165) is 0 Å². The Kier molecular flexibility index (Phi) is 6.06. The van der Waals surface area contributed by atoms with Crippen molar-refractivity contribution in [2.45, 2.75) is 41.5 Å². The predicted octanol–water partition coefficient (Wildman–Crippen LogP) is 4.11. The average Bonchev–Trinajstić information content (AvgIpc) is 2.40. The summed E-state index contributed by atoms with van der Waals surface area (Å²) in [6.45, 7) is 12.9. The summed E-state index contributed by atoms with van der Waals surface area (Å²) in [7, 11) is 0.